The van der Waals surface area contributed by atoms with Crippen LogP contribution in [0.2, 0.25) is 0 Å². The van der Waals surface area contributed by atoms with Crippen molar-refractivity contribution in [1.82, 2.24) is 10.3 Å². The van der Waals surface area contributed by atoms with E-state index < -0.39 is 24.5 Å². The standard InChI is InChI=1S/C16H21F3N2O3/c1-15(2,3)24-14(22)21-13(10-4-5-10)11-6-7-20-12(8-11)23-9-16(17,18)19/h6-8,10,13H,4-5,9H2,1-3H3,(H,21,22). The lowest BCUT2D eigenvalue weighted by molar-refractivity contribution is -0.154. The molecule has 2 rings (SSSR count). The summed E-state index contributed by atoms with van der Waals surface area (Å²) < 4.78 is 46.6. The summed E-state index contributed by atoms with van der Waals surface area (Å²) in [5, 5.41) is 2.78. The number of carbonyl (C=O) groups excluding carboxylic acids is 1. The van der Waals surface area contributed by atoms with Crippen molar-refractivity contribution < 1.29 is 27.4 Å². The summed E-state index contributed by atoms with van der Waals surface area (Å²) in [7, 11) is 0. The molecule has 1 unspecified atom stereocenters. The molecule has 134 valence electrons. The maximum atomic E-state index is 12.2. The number of rotatable bonds is 5. The Morgan fingerprint density at radius 2 is 2.04 bits per heavy atom. The van der Waals surface area contributed by atoms with Gasteiger partial charge in [-0.3, -0.25) is 0 Å². The van der Waals surface area contributed by atoms with Crippen LogP contribution in [0.25, 0.3) is 0 Å². The van der Waals surface area contributed by atoms with E-state index in [2.05, 4.69) is 15.0 Å². The van der Waals surface area contributed by atoms with Crippen LogP contribution in [0.4, 0.5) is 18.0 Å². The molecule has 1 amide bonds. The van der Waals surface area contributed by atoms with Gasteiger partial charge in [0.25, 0.3) is 0 Å². The van der Waals surface area contributed by atoms with Gasteiger partial charge >= 0.3 is 12.3 Å². The molecular formula is C16H21F3N2O3. The highest BCUT2D eigenvalue weighted by molar-refractivity contribution is 5.68. The van der Waals surface area contributed by atoms with Gasteiger partial charge in [-0.2, -0.15) is 13.2 Å². The van der Waals surface area contributed by atoms with Crippen molar-refractivity contribution in [3.8, 4) is 5.88 Å². The van der Waals surface area contributed by atoms with Crippen molar-refractivity contribution in [2.45, 2.75) is 51.4 Å². The van der Waals surface area contributed by atoms with E-state index in [9.17, 15) is 18.0 Å². The second-order valence-electron chi connectivity index (χ2n) is 6.79. The van der Waals surface area contributed by atoms with Crippen molar-refractivity contribution in [3.63, 3.8) is 0 Å². The van der Waals surface area contributed by atoms with E-state index >= 15 is 0 Å². The quantitative estimate of drug-likeness (QED) is 0.875. The maximum Gasteiger partial charge on any atom is 0.422 e. The minimum atomic E-state index is -4.43. The molecular weight excluding hydrogens is 325 g/mol. The zero-order valence-electron chi connectivity index (χ0n) is 13.8. The van der Waals surface area contributed by atoms with Crippen molar-refractivity contribution in [1.29, 1.82) is 0 Å². The molecule has 0 spiro atoms. The van der Waals surface area contributed by atoms with E-state index in [4.69, 9.17) is 4.74 Å². The van der Waals surface area contributed by atoms with Crippen molar-refractivity contribution >= 4 is 6.09 Å². The van der Waals surface area contributed by atoms with E-state index in [0.29, 0.717) is 5.56 Å². The Hall–Kier alpha value is -1.99. The second-order valence-corrected chi connectivity index (χ2v) is 6.79. The normalized spacial score (nSPS) is 16.4. The summed E-state index contributed by atoms with van der Waals surface area (Å²) in [6.45, 7) is 3.87. The van der Waals surface area contributed by atoms with Crippen LogP contribution in [0.1, 0.15) is 45.2 Å². The first kappa shape index (κ1) is 18.4. The van der Waals surface area contributed by atoms with Crippen LogP contribution in [0.5, 0.6) is 5.88 Å². The molecule has 24 heavy (non-hydrogen) atoms. The third-order valence-corrected chi connectivity index (χ3v) is 3.27. The molecule has 0 bridgehead atoms. The minimum Gasteiger partial charge on any atom is -0.468 e. The number of nitrogens with zero attached hydrogens (tertiary/aromatic N) is 1. The lowest BCUT2D eigenvalue weighted by Gasteiger charge is -2.24. The monoisotopic (exact) mass is 346 g/mol. The highest BCUT2D eigenvalue weighted by Crippen LogP contribution is 2.41. The molecule has 1 aliphatic carbocycles. The zero-order valence-corrected chi connectivity index (χ0v) is 13.8. The van der Waals surface area contributed by atoms with Crippen LogP contribution in [-0.2, 0) is 4.74 Å². The van der Waals surface area contributed by atoms with Gasteiger partial charge in [-0.05, 0) is 51.2 Å². The van der Waals surface area contributed by atoms with E-state index in [1.54, 1.807) is 26.8 Å². The number of alkyl halides is 3. The Balaban J connectivity index is 2.07. The van der Waals surface area contributed by atoms with E-state index in [-0.39, 0.29) is 17.8 Å². The van der Waals surface area contributed by atoms with Crippen LogP contribution in [-0.4, -0.2) is 29.5 Å². The summed E-state index contributed by atoms with van der Waals surface area (Å²) in [6, 6.07) is 2.74. The fourth-order valence-corrected chi connectivity index (χ4v) is 2.19. The number of hydrogen-bond donors (Lipinski definition) is 1. The lowest BCUT2D eigenvalue weighted by Crippen LogP contribution is -2.35. The molecule has 0 aliphatic heterocycles. The van der Waals surface area contributed by atoms with Crippen LogP contribution in [0.15, 0.2) is 18.3 Å². The number of ether oxygens (including phenoxy) is 2. The lowest BCUT2D eigenvalue weighted by atomic mass is 10.0. The molecule has 8 heteroatoms. The Morgan fingerprint density at radius 3 is 2.58 bits per heavy atom. The van der Waals surface area contributed by atoms with Gasteiger partial charge in [0.05, 0.1) is 6.04 Å². The molecule has 0 aromatic carbocycles. The summed E-state index contributed by atoms with van der Waals surface area (Å²) in [5.74, 6) is 0.108. The van der Waals surface area contributed by atoms with Gasteiger partial charge in [-0.25, -0.2) is 9.78 Å². The largest absolute Gasteiger partial charge is 0.468 e. The van der Waals surface area contributed by atoms with Crippen molar-refractivity contribution in [2.75, 3.05) is 6.61 Å². The highest BCUT2D eigenvalue weighted by atomic mass is 19.4. The number of carbonyl (C=O) groups is 1. The second kappa shape index (κ2) is 6.86. The number of amides is 1. The van der Waals surface area contributed by atoms with Gasteiger partial charge in [-0.15, -0.1) is 0 Å². The summed E-state index contributed by atoms with van der Waals surface area (Å²) in [6.07, 6.45) is -1.76. The first-order valence-electron chi connectivity index (χ1n) is 7.68. The molecule has 1 N–H and O–H groups in total. The number of halogens is 3. The van der Waals surface area contributed by atoms with Gasteiger partial charge in [0, 0.05) is 12.3 Å². The molecule has 1 aliphatic rings. The first-order chi connectivity index (χ1) is 11.0. The van der Waals surface area contributed by atoms with E-state index in [1.807, 2.05) is 0 Å². The Bertz CT molecular complexity index is 581. The number of hydrogen-bond acceptors (Lipinski definition) is 4. The van der Waals surface area contributed by atoms with Gasteiger partial charge in [-0.1, -0.05) is 0 Å². The summed E-state index contributed by atoms with van der Waals surface area (Å²) in [5.41, 5.74) is 0.0211. The van der Waals surface area contributed by atoms with Gasteiger partial charge < -0.3 is 14.8 Å². The molecule has 1 atom stereocenters. The minimum absolute atomic E-state index is 0.124. The van der Waals surface area contributed by atoms with Gasteiger partial charge in [0.1, 0.15) is 5.60 Å². The Morgan fingerprint density at radius 1 is 1.38 bits per heavy atom. The van der Waals surface area contributed by atoms with Crippen LogP contribution in [0.3, 0.4) is 0 Å². The van der Waals surface area contributed by atoms with E-state index in [1.165, 1.54) is 12.3 Å². The molecule has 1 fully saturated rings. The summed E-state index contributed by atoms with van der Waals surface area (Å²) in [4.78, 5) is 15.8. The number of nitrogens with one attached hydrogen (secondary N) is 1. The first-order valence-corrected chi connectivity index (χ1v) is 7.68. The highest BCUT2D eigenvalue weighted by Gasteiger charge is 2.35. The molecule has 1 aromatic rings. The maximum absolute atomic E-state index is 12.2. The third-order valence-electron chi connectivity index (χ3n) is 3.27. The number of alkyl carbamates (subject to hydrolysis) is 1. The van der Waals surface area contributed by atoms with Gasteiger partial charge in [0.2, 0.25) is 5.88 Å². The predicted molar refractivity (Wildman–Crippen MR) is 80.6 cm³/mol. The molecule has 1 aromatic heterocycles. The molecule has 0 radical (unpaired) electrons. The molecule has 5 nitrogen and oxygen atoms in total. The molecule has 1 saturated carbocycles. The zero-order chi connectivity index (χ0) is 18.0. The average molecular weight is 346 g/mol. The topological polar surface area (TPSA) is 60.5 Å². The Labute approximate surface area is 138 Å². The number of aromatic nitrogens is 1. The third kappa shape index (κ3) is 6.25. The van der Waals surface area contributed by atoms with Crippen LogP contribution < -0.4 is 10.1 Å². The van der Waals surface area contributed by atoms with Crippen molar-refractivity contribution in [3.05, 3.63) is 23.9 Å². The Kier molecular flexibility index (Phi) is 5.25. The molecule has 0 saturated heterocycles. The van der Waals surface area contributed by atoms with Crippen LogP contribution in [0, 0.1) is 5.92 Å². The number of pyridine rings is 1. The molecule has 1 heterocycles. The summed E-state index contributed by atoms with van der Waals surface area (Å²) >= 11 is 0. The average Bonchev–Trinajstić information content (AvgIpc) is 3.25. The van der Waals surface area contributed by atoms with Gasteiger partial charge in [0.15, 0.2) is 6.61 Å². The predicted octanol–water partition coefficient (Wildman–Crippen LogP) is 4.00. The van der Waals surface area contributed by atoms with Crippen LogP contribution >= 0.6 is 0 Å². The smallest absolute Gasteiger partial charge is 0.422 e. The fourth-order valence-electron chi connectivity index (χ4n) is 2.19. The SMILES string of the molecule is CC(C)(C)OC(=O)NC(c1ccnc(OCC(F)(F)F)c1)C1CC1. The van der Waals surface area contributed by atoms with E-state index in [0.717, 1.165) is 12.8 Å². The fraction of sp³-hybridized carbons (Fsp3) is 0.625. The van der Waals surface area contributed by atoms with Crippen molar-refractivity contribution in [2.24, 2.45) is 5.92 Å².